The maximum Gasteiger partial charge on any atom is 0.264 e. The lowest BCUT2D eigenvalue weighted by Crippen LogP contribution is -2.03. The van der Waals surface area contributed by atoms with Crippen molar-refractivity contribution >= 4 is 0 Å². The number of aryl methyl sites for hydroxylation is 1. The first kappa shape index (κ1) is 12.4. The Morgan fingerprint density at radius 3 is 2.83 bits per heavy atom. The lowest BCUT2D eigenvalue weighted by molar-refractivity contribution is 0.240. The number of nitrogens with two attached hydrogens (primary N) is 1. The summed E-state index contributed by atoms with van der Waals surface area (Å²) in [6.07, 6.45) is 0. The molecule has 0 aliphatic carbocycles. The molecule has 0 spiro atoms. The maximum absolute atomic E-state index is 5.64. The summed E-state index contributed by atoms with van der Waals surface area (Å²) in [4.78, 5) is 4.06. The first-order chi connectivity index (χ1) is 8.72. The van der Waals surface area contributed by atoms with Gasteiger partial charge in [0.2, 0.25) is 0 Å². The molecular formula is C12H15N3O3. The molecule has 96 valence electrons. The van der Waals surface area contributed by atoms with Crippen LogP contribution in [0.25, 0.3) is 0 Å². The smallest absolute Gasteiger partial charge is 0.264 e. The second-order valence-corrected chi connectivity index (χ2v) is 3.70. The number of nitrogens with zero attached hydrogens (tertiary/aromatic N) is 2. The van der Waals surface area contributed by atoms with E-state index in [0.29, 0.717) is 29.8 Å². The fraction of sp³-hybridized carbons (Fsp3) is 0.333. The van der Waals surface area contributed by atoms with E-state index in [-0.39, 0.29) is 6.61 Å². The van der Waals surface area contributed by atoms with Gasteiger partial charge < -0.3 is 19.7 Å². The average molecular weight is 249 g/mol. The van der Waals surface area contributed by atoms with E-state index in [0.717, 1.165) is 5.56 Å². The van der Waals surface area contributed by atoms with Crippen molar-refractivity contribution in [2.24, 2.45) is 5.73 Å². The van der Waals surface area contributed by atoms with E-state index in [1.807, 2.05) is 12.1 Å². The Kier molecular flexibility index (Phi) is 3.78. The van der Waals surface area contributed by atoms with E-state index in [1.54, 1.807) is 20.1 Å². The van der Waals surface area contributed by atoms with Crippen LogP contribution in [0.3, 0.4) is 0 Å². The van der Waals surface area contributed by atoms with Crippen LogP contribution in [0.4, 0.5) is 0 Å². The second-order valence-electron chi connectivity index (χ2n) is 3.70. The molecule has 2 aromatic rings. The molecule has 0 aliphatic heterocycles. The summed E-state index contributed by atoms with van der Waals surface area (Å²) in [7, 11) is 1.60. The molecule has 2 rings (SSSR count). The third kappa shape index (κ3) is 2.78. The predicted molar refractivity (Wildman–Crippen MR) is 64.3 cm³/mol. The topological polar surface area (TPSA) is 83.4 Å². The Hall–Kier alpha value is -2.08. The Bertz CT molecular complexity index is 525. The van der Waals surface area contributed by atoms with Crippen LogP contribution in [0.15, 0.2) is 22.7 Å². The number of ether oxygens (including phenoxy) is 2. The van der Waals surface area contributed by atoms with Crippen LogP contribution in [-0.4, -0.2) is 17.3 Å². The Labute approximate surface area is 105 Å². The number of benzene rings is 1. The number of hydrogen-bond donors (Lipinski definition) is 1. The quantitative estimate of drug-likeness (QED) is 0.862. The van der Waals surface area contributed by atoms with E-state index in [2.05, 4.69) is 10.1 Å². The van der Waals surface area contributed by atoms with Crippen LogP contribution < -0.4 is 15.2 Å². The van der Waals surface area contributed by atoms with Crippen molar-refractivity contribution < 1.29 is 14.0 Å². The molecule has 1 aromatic carbocycles. The average Bonchev–Trinajstić information content (AvgIpc) is 2.81. The van der Waals surface area contributed by atoms with Crippen molar-refractivity contribution in [2.75, 3.05) is 7.11 Å². The molecule has 0 atom stereocenters. The predicted octanol–water partition coefficient (Wildman–Crippen LogP) is 1.42. The normalized spacial score (nSPS) is 10.4. The standard InChI is InChI=1S/C12H15N3O3/c1-8-14-12(18-15-8)7-17-11-5-10(16-2)4-3-9(11)6-13/h3-5H,6-7,13H2,1-2H3. The summed E-state index contributed by atoms with van der Waals surface area (Å²) in [5.41, 5.74) is 6.54. The van der Waals surface area contributed by atoms with Crippen molar-refractivity contribution in [1.82, 2.24) is 10.1 Å². The first-order valence-electron chi connectivity index (χ1n) is 5.52. The van der Waals surface area contributed by atoms with Gasteiger partial charge in [0.15, 0.2) is 12.4 Å². The SMILES string of the molecule is COc1ccc(CN)c(OCc2nc(C)no2)c1. The minimum atomic E-state index is 0.209. The molecule has 0 unspecified atom stereocenters. The molecule has 0 aliphatic rings. The van der Waals surface area contributed by atoms with Gasteiger partial charge in [-0.25, -0.2) is 0 Å². The maximum atomic E-state index is 5.64. The number of aromatic nitrogens is 2. The van der Waals surface area contributed by atoms with Gasteiger partial charge in [0.25, 0.3) is 5.89 Å². The molecule has 0 saturated heterocycles. The van der Waals surface area contributed by atoms with E-state index >= 15 is 0 Å². The molecule has 0 bridgehead atoms. The molecule has 6 nitrogen and oxygen atoms in total. The molecule has 0 fully saturated rings. The van der Waals surface area contributed by atoms with Crippen molar-refractivity contribution in [3.05, 3.63) is 35.5 Å². The van der Waals surface area contributed by atoms with Gasteiger partial charge in [-0.2, -0.15) is 4.98 Å². The molecular weight excluding hydrogens is 234 g/mol. The zero-order chi connectivity index (χ0) is 13.0. The molecule has 0 saturated carbocycles. The Morgan fingerprint density at radius 2 is 2.22 bits per heavy atom. The minimum Gasteiger partial charge on any atom is -0.497 e. The van der Waals surface area contributed by atoms with Crippen LogP contribution in [0.5, 0.6) is 11.5 Å². The monoisotopic (exact) mass is 249 g/mol. The summed E-state index contributed by atoms with van der Waals surface area (Å²) >= 11 is 0. The van der Waals surface area contributed by atoms with E-state index < -0.39 is 0 Å². The van der Waals surface area contributed by atoms with E-state index in [4.69, 9.17) is 19.7 Å². The lowest BCUT2D eigenvalue weighted by Gasteiger charge is -2.10. The van der Waals surface area contributed by atoms with Crippen molar-refractivity contribution in [3.8, 4) is 11.5 Å². The molecule has 0 amide bonds. The molecule has 1 aromatic heterocycles. The highest BCUT2D eigenvalue weighted by atomic mass is 16.5. The van der Waals surface area contributed by atoms with Gasteiger partial charge in [0.05, 0.1) is 7.11 Å². The Balaban J connectivity index is 2.11. The third-order valence-corrected chi connectivity index (χ3v) is 2.42. The van der Waals surface area contributed by atoms with Crippen molar-refractivity contribution in [2.45, 2.75) is 20.1 Å². The molecule has 0 radical (unpaired) electrons. The van der Waals surface area contributed by atoms with Crippen molar-refractivity contribution in [3.63, 3.8) is 0 Å². The van der Waals surface area contributed by atoms with Crippen LogP contribution in [0, 0.1) is 6.92 Å². The van der Waals surface area contributed by atoms with Crippen LogP contribution >= 0.6 is 0 Å². The minimum absolute atomic E-state index is 0.209. The van der Waals surface area contributed by atoms with Crippen LogP contribution in [0.2, 0.25) is 0 Å². The van der Waals surface area contributed by atoms with Gasteiger partial charge in [-0.1, -0.05) is 11.2 Å². The van der Waals surface area contributed by atoms with Crippen LogP contribution in [-0.2, 0) is 13.2 Å². The highest BCUT2D eigenvalue weighted by Crippen LogP contribution is 2.25. The van der Waals surface area contributed by atoms with Crippen molar-refractivity contribution in [1.29, 1.82) is 0 Å². The molecule has 18 heavy (non-hydrogen) atoms. The second kappa shape index (κ2) is 5.50. The zero-order valence-electron chi connectivity index (χ0n) is 10.3. The summed E-state index contributed by atoms with van der Waals surface area (Å²) in [5.74, 6) is 2.38. The van der Waals surface area contributed by atoms with Gasteiger partial charge in [0, 0.05) is 18.2 Å². The summed E-state index contributed by atoms with van der Waals surface area (Å²) in [6, 6.07) is 5.49. The fourth-order valence-electron chi connectivity index (χ4n) is 1.50. The fourth-order valence-corrected chi connectivity index (χ4v) is 1.50. The number of rotatable bonds is 5. The van der Waals surface area contributed by atoms with Crippen LogP contribution in [0.1, 0.15) is 17.3 Å². The largest absolute Gasteiger partial charge is 0.497 e. The lowest BCUT2D eigenvalue weighted by atomic mass is 10.2. The van der Waals surface area contributed by atoms with Gasteiger partial charge in [-0.3, -0.25) is 0 Å². The molecule has 2 N–H and O–H groups in total. The van der Waals surface area contributed by atoms with Gasteiger partial charge >= 0.3 is 0 Å². The summed E-state index contributed by atoms with van der Waals surface area (Å²) in [6.45, 7) is 2.35. The van der Waals surface area contributed by atoms with Gasteiger partial charge in [-0.15, -0.1) is 0 Å². The highest BCUT2D eigenvalue weighted by Gasteiger charge is 2.08. The summed E-state index contributed by atoms with van der Waals surface area (Å²) < 4.78 is 15.7. The zero-order valence-corrected chi connectivity index (χ0v) is 10.3. The van der Waals surface area contributed by atoms with Gasteiger partial charge in [-0.05, 0) is 13.0 Å². The Morgan fingerprint density at radius 1 is 1.39 bits per heavy atom. The highest BCUT2D eigenvalue weighted by molar-refractivity contribution is 5.40. The van der Waals surface area contributed by atoms with E-state index in [9.17, 15) is 0 Å². The number of hydrogen-bond acceptors (Lipinski definition) is 6. The first-order valence-corrected chi connectivity index (χ1v) is 5.52. The third-order valence-electron chi connectivity index (χ3n) is 2.42. The van der Waals surface area contributed by atoms with E-state index in [1.165, 1.54) is 0 Å². The van der Waals surface area contributed by atoms with Gasteiger partial charge in [0.1, 0.15) is 11.5 Å². The number of methoxy groups -OCH3 is 1. The molecule has 6 heteroatoms. The molecule has 1 heterocycles. The summed E-state index contributed by atoms with van der Waals surface area (Å²) in [5, 5.41) is 3.69.